The number of halogens is 2. The van der Waals surface area contributed by atoms with Crippen molar-refractivity contribution in [2.45, 2.75) is 17.7 Å². The first-order valence-electron chi connectivity index (χ1n) is 5.28. The summed E-state index contributed by atoms with van der Waals surface area (Å²) in [5.74, 6) is -1.93. The molecule has 0 atom stereocenters. The van der Waals surface area contributed by atoms with Crippen LogP contribution < -0.4 is 10.5 Å². The summed E-state index contributed by atoms with van der Waals surface area (Å²) in [5, 5.41) is 11.0. The molecular weight excluding hydrogens is 280 g/mol. The fraction of sp³-hybridized carbons (Fsp3) is 0.300. The van der Waals surface area contributed by atoms with Crippen LogP contribution >= 0.6 is 0 Å². The van der Waals surface area contributed by atoms with E-state index in [1.54, 1.807) is 0 Å². The smallest absolute Gasteiger partial charge is 0.243 e. The molecule has 0 unspecified atom stereocenters. The van der Waals surface area contributed by atoms with Gasteiger partial charge in [-0.3, -0.25) is 0 Å². The molecule has 6 nitrogen and oxygen atoms in total. The molecule has 0 fully saturated rings. The molecule has 0 amide bonds. The summed E-state index contributed by atoms with van der Waals surface area (Å²) in [6.07, 6.45) is 0.427. The van der Waals surface area contributed by atoms with Crippen LogP contribution in [0.3, 0.4) is 0 Å². The Kier molecular flexibility index (Phi) is 5.19. The van der Waals surface area contributed by atoms with E-state index in [0.717, 1.165) is 12.1 Å². The Morgan fingerprint density at radius 2 is 2.11 bits per heavy atom. The van der Waals surface area contributed by atoms with Crippen LogP contribution in [0.5, 0.6) is 0 Å². The number of nitrogens with zero attached hydrogens (tertiary/aromatic N) is 1. The molecule has 0 heterocycles. The predicted molar refractivity (Wildman–Crippen MR) is 64.2 cm³/mol. The van der Waals surface area contributed by atoms with E-state index in [-0.39, 0.29) is 25.2 Å². The predicted octanol–water partition coefficient (Wildman–Crippen LogP) is 0.770. The van der Waals surface area contributed by atoms with E-state index >= 15 is 0 Å². The second-order valence-electron chi connectivity index (χ2n) is 3.67. The van der Waals surface area contributed by atoms with Crippen molar-refractivity contribution in [3.63, 3.8) is 0 Å². The largest absolute Gasteiger partial charge is 0.409 e. The highest BCUT2D eigenvalue weighted by molar-refractivity contribution is 7.89. The first-order valence-corrected chi connectivity index (χ1v) is 6.76. The first-order chi connectivity index (χ1) is 8.86. The Morgan fingerprint density at radius 1 is 1.42 bits per heavy atom. The summed E-state index contributed by atoms with van der Waals surface area (Å²) in [5.41, 5.74) is 5.19. The van der Waals surface area contributed by atoms with Crippen molar-refractivity contribution in [2.75, 3.05) is 6.54 Å². The van der Waals surface area contributed by atoms with Crippen molar-refractivity contribution < 1.29 is 22.4 Å². The number of sulfonamides is 1. The summed E-state index contributed by atoms with van der Waals surface area (Å²) in [6, 6.07) is 2.16. The average Bonchev–Trinajstić information content (AvgIpc) is 2.37. The van der Waals surface area contributed by atoms with Gasteiger partial charge in [-0.2, -0.15) is 0 Å². The molecule has 9 heteroatoms. The molecule has 0 saturated carbocycles. The maximum Gasteiger partial charge on any atom is 0.243 e. The van der Waals surface area contributed by atoms with Crippen LogP contribution in [0.25, 0.3) is 0 Å². The van der Waals surface area contributed by atoms with E-state index in [9.17, 15) is 17.2 Å². The van der Waals surface area contributed by atoms with Gasteiger partial charge in [0.2, 0.25) is 10.0 Å². The van der Waals surface area contributed by atoms with Crippen LogP contribution in [0.1, 0.15) is 12.8 Å². The van der Waals surface area contributed by atoms with Gasteiger partial charge >= 0.3 is 0 Å². The van der Waals surface area contributed by atoms with Gasteiger partial charge in [-0.15, -0.1) is 0 Å². The van der Waals surface area contributed by atoms with Crippen LogP contribution in [0.2, 0.25) is 0 Å². The molecule has 0 radical (unpaired) electrons. The molecule has 1 aromatic rings. The van der Waals surface area contributed by atoms with E-state index < -0.39 is 26.6 Å². The van der Waals surface area contributed by atoms with Crippen molar-refractivity contribution in [2.24, 2.45) is 10.9 Å². The first kappa shape index (κ1) is 15.3. The maximum absolute atomic E-state index is 13.3. The van der Waals surface area contributed by atoms with Crippen LogP contribution in [0.15, 0.2) is 28.3 Å². The molecule has 106 valence electrons. The number of hydrogen-bond donors (Lipinski definition) is 3. The maximum atomic E-state index is 13.3. The summed E-state index contributed by atoms with van der Waals surface area (Å²) >= 11 is 0. The lowest BCUT2D eigenvalue weighted by molar-refractivity contribution is 0.316. The van der Waals surface area contributed by atoms with E-state index in [1.165, 1.54) is 0 Å². The molecule has 19 heavy (non-hydrogen) atoms. The molecule has 0 aliphatic heterocycles. The van der Waals surface area contributed by atoms with Crippen molar-refractivity contribution >= 4 is 15.9 Å². The number of rotatable bonds is 6. The summed E-state index contributed by atoms with van der Waals surface area (Å²) < 4.78 is 51.7. The number of hydrogen-bond acceptors (Lipinski definition) is 4. The highest BCUT2D eigenvalue weighted by atomic mass is 32.2. The van der Waals surface area contributed by atoms with Gasteiger partial charge in [0.25, 0.3) is 0 Å². The zero-order valence-corrected chi connectivity index (χ0v) is 10.6. The molecule has 0 saturated heterocycles. The SMILES string of the molecule is NC(CCCNS(=O)(=O)c1cc(F)ccc1F)=NO. The van der Waals surface area contributed by atoms with E-state index in [0.29, 0.717) is 6.07 Å². The Labute approximate surface area is 109 Å². The van der Waals surface area contributed by atoms with Crippen LogP contribution in [-0.2, 0) is 10.0 Å². The molecule has 0 bridgehead atoms. The minimum Gasteiger partial charge on any atom is -0.409 e. The quantitative estimate of drug-likeness (QED) is 0.237. The average molecular weight is 293 g/mol. The van der Waals surface area contributed by atoms with Crippen molar-refractivity contribution in [3.05, 3.63) is 29.8 Å². The lowest BCUT2D eigenvalue weighted by Gasteiger charge is -2.07. The highest BCUT2D eigenvalue weighted by Gasteiger charge is 2.19. The molecule has 0 spiro atoms. The highest BCUT2D eigenvalue weighted by Crippen LogP contribution is 2.15. The van der Waals surface area contributed by atoms with Gasteiger partial charge < -0.3 is 10.9 Å². The topological polar surface area (TPSA) is 105 Å². The normalized spacial score (nSPS) is 12.6. The second-order valence-corrected chi connectivity index (χ2v) is 5.40. The van der Waals surface area contributed by atoms with E-state index in [4.69, 9.17) is 10.9 Å². The van der Waals surface area contributed by atoms with Crippen molar-refractivity contribution in [1.82, 2.24) is 4.72 Å². The lowest BCUT2D eigenvalue weighted by Crippen LogP contribution is -2.26. The van der Waals surface area contributed by atoms with Crippen LogP contribution in [-0.4, -0.2) is 26.0 Å². The van der Waals surface area contributed by atoms with Gasteiger partial charge in [0.05, 0.1) is 0 Å². The molecular formula is C10H13F2N3O3S. The number of nitrogens with one attached hydrogen (secondary N) is 1. The minimum absolute atomic E-state index is 0.0452. The zero-order chi connectivity index (χ0) is 14.5. The summed E-state index contributed by atoms with van der Waals surface area (Å²) in [4.78, 5) is -0.753. The second kappa shape index (κ2) is 6.43. The van der Waals surface area contributed by atoms with Gasteiger partial charge in [-0.25, -0.2) is 21.9 Å². The number of nitrogens with two attached hydrogens (primary N) is 1. The molecule has 0 aliphatic carbocycles. The number of amidine groups is 1. The molecule has 0 aliphatic rings. The zero-order valence-electron chi connectivity index (χ0n) is 9.81. The van der Waals surface area contributed by atoms with Crippen molar-refractivity contribution in [1.29, 1.82) is 0 Å². The standard InChI is InChI=1S/C10H13F2N3O3S/c11-7-3-4-8(12)9(6-7)19(17,18)14-5-1-2-10(13)15-16/h3-4,6,14,16H,1-2,5H2,(H2,13,15). The lowest BCUT2D eigenvalue weighted by atomic mass is 10.3. The van der Waals surface area contributed by atoms with E-state index in [1.807, 2.05) is 0 Å². The number of benzene rings is 1. The molecule has 1 aromatic carbocycles. The molecule has 1 rings (SSSR count). The van der Waals surface area contributed by atoms with Gasteiger partial charge in [-0.05, 0) is 24.6 Å². The number of oxime groups is 1. The van der Waals surface area contributed by atoms with E-state index in [2.05, 4.69) is 9.88 Å². The van der Waals surface area contributed by atoms with Crippen molar-refractivity contribution in [3.8, 4) is 0 Å². The van der Waals surface area contributed by atoms with Crippen LogP contribution in [0.4, 0.5) is 8.78 Å². The molecule has 4 N–H and O–H groups in total. The van der Waals surface area contributed by atoms with Gasteiger partial charge in [-0.1, -0.05) is 5.16 Å². The Hall–Kier alpha value is -1.74. The summed E-state index contributed by atoms with van der Waals surface area (Å²) in [6.45, 7) is -0.0471. The Morgan fingerprint density at radius 3 is 2.74 bits per heavy atom. The van der Waals surface area contributed by atoms with Gasteiger partial charge in [0.1, 0.15) is 22.4 Å². The third-order valence-corrected chi connectivity index (χ3v) is 3.69. The third kappa shape index (κ3) is 4.45. The third-order valence-electron chi connectivity index (χ3n) is 2.21. The monoisotopic (exact) mass is 293 g/mol. The Balaban J connectivity index is 2.69. The fourth-order valence-corrected chi connectivity index (χ4v) is 2.45. The molecule has 0 aromatic heterocycles. The fourth-order valence-electron chi connectivity index (χ4n) is 1.29. The van der Waals surface area contributed by atoms with Gasteiger partial charge in [0.15, 0.2) is 0 Å². The van der Waals surface area contributed by atoms with Gasteiger partial charge in [0, 0.05) is 13.0 Å². The summed E-state index contributed by atoms with van der Waals surface area (Å²) in [7, 11) is -4.13. The minimum atomic E-state index is -4.13. The van der Waals surface area contributed by atoms with Crippen LogP contribution in [0, 0.1) is 11.6 Å². The Bertz CT molecular complexity index is 575.